The van der Waals surface area contributed by atoms with Crippen molar-refractivity contribution in [1.29, 1.82) is 0 Å². The van der Waals surface area contributed by atoms with Crippen LogP contribution in [0, 0.1) is 0 Å². The average molecular weight is 132 g/mol. The summed E-state index contributed by atoms with van der Waals surface area (Å²) in [6, 6.07) is 0. The Morgan fingerprint density at radius 2 is 2.12 bits per heavy atom. The van der Waals surface area contributed by atoms with Gasteiger partial charge in [0.25, 0.3) is 0 Å². The number of aliphatic hydroxyl groups is 1. The zero-order chi connectivity index (χ0) is 5.98. The summed E-state index contributed by atoms with van der Waals surface area (Å²) < 4.78 is 0. The smallest absolute Gasteiger partial charge is 0.0550 e. The minimum atomic E-state index is -0.0637. The molecule has 1 N–H and O–H groups in total. The SMILES string of the molecule is O[C@@H]1CCC[C@H](S)C1. The van der Waals surface area contributed by atoms with Gasteiger partial charge in [-0.2, -0.15) is 12.6 Å². The van der Waals surface area contributed by atoms with Crippen LogP contribution < -0.4 is 0 Å². The monoisotopic (exact) mass is 132 g/mol. The largest absolute Gasteiger partial charge is 0.393 e. The minimum Gasteiger partial charge on any atom is -0.393 e. The summed E-state index contributed by atoms with van der Waals surface area (Å²) >= 11 is 4.26. The summed E-state index contributed by atoms with van der Waals surface area (Å²) in [7, 11) is 0. The first-order valence-corrected chi connectivity index (χ1v) is 3.67. The Labute approximate surface area is 55.5 Å². The molecule has 0 spiro atoms. The van der Waals surface area contributed by atoms with Crippen LogP contribution in [0.5, 0.6) is 0 Å². The van der Waals surface area contributed by atoms with Crippen molar-refractivity contribution >= 4 is 12.6 Å². The molecule has 1 aliphatic carbocycles. The van der Waals surface area contributed by atoms with Gasteiger partial charge in [-0.1, -0.05) is 0 Å². The highest BCUT2D eigenvalue weighted by Crippen LogP contribution is 2.21. The second kappa shape index (κ2) is 2.74. The Morgan fingerprint density at radius 3 is 2.50 bits per heavy atom. The van der Waals surface area contributed by atoms with E-state index in [1.165, 1.54) is 6.42 Å². The van der Waals surface area contributed by atoms with Gasteiger partial charge < -0.3 is 5.11 Å². The molecule has 0 aromatic rings. The van der Waals surface area contributed by atoms with E-state index in [-0.39, 0.29) is 6.10 Å². The summed E-state index contributed by atoms with van der Waals surface area (Å²) in [4.78, 5) is 0. The lowest BCUT2D eigenvalue weighted by Crippen LogP contribution is -2.19. The number of thiol groups is 1. The maximum atomic E-state index is 9.03. The molecule has 1 nitrogen and oxygen atoms in total. The topological polar surface area (TPSA) is 20.2 Å². The van der Waals surface area contributed by atoms with Crippen LogP contribution in [0.4, 0.5) is 0 Å². The van der Waals surface area contributed by atoms with Crippen molar-refractivity contribution in [2.45, 2.75) is 37.0 Å². The maximum absolute atomic E-state index is 9.03. The number of rotatable bonds is 0. The number of aliphatic hydroxyl groups excluding tert-OH is 1. The van der Waals surface area contributed by atoms with Gasteiger partial charge in [0.05, 0.1) is 6.10 Å². The molecule has 2 atom stereocenters. The Bertz CT molecular complexity index is 66.9. The predicted octanol–water partition coefficient (Wildman–Crippen LogP) is 1.22. The number of hydrogen-bond acceptors (Lipinski definition) is 2. The fraction of sp³-hybridized carbons (Fsp3) is 1.00. The highest BCUT2D eigenvalue weighted by Gasteiger charge is 2.15. The van der Waals surface area contributed by atoms with Crippen molar-refractivity contribution in [3.05, 3.63) is 0 Å². The van der Waals surface area contributed by atoms with E-state index in [0.717, 1.165) is 19.3 Å². The molecule has 0 unspecified atom stereocenters. The van der Waals surface area contributed by atoms with Crippen LogP contribution >= 0.6 is 12.6 Å². The van der Waals surface area contributed by atoms with Gasteiger partial charge in [-0.05, 0) is 25.7 Å². The third-order valence-corrected chi connectivity index (χ3v) is 2.09. The molecule has 1 saturated carbocycles. The third-order valence-electron chi connectivity index (χ3n) is 1.62. The zero-order valence-electron chi connectivity index (χ0n) is 4.88. The molecule has 8 heavy (non-hydrogen) atoms. The Hall–Kier alpha value is 0.310. The highest BCUT2D eigenvalue weighted by atomic mass is 32.1. The summed E-state index contributed by atoms with van der Waals surface area (Å²) in [6.45, 7) is 0. The third kappa shape index (κ3) is 1.67. The molecule has 1 rings (SSSR count). The van der Waals surface area contributed by atoms with Gasteiger partial charge in [0.2, 0.25) is 0 Å². The van der Waals surface area contributed by atoms with Crippen LogP contribution in [0.1, 0.15) is 25.7 Å². The van der Waals surface area contributed by atoms with Gasteiger partial charge in [-0.15, -0.1) is 0 Å². The summed E-state index contributed by atoms with van der Waals surface area (Å²) in [5.74, 6) is 0. The summed E-state index contributed by atoms with van der Waals surface area (Å²) in [5.41, 5.74) is 0. The second-order valence-electron chi connectivity index (χ2n) is 2.47. The van der Waals surface area contributed by atoms with Crippen LogP contribution in [-0.2, 0) is 0 Å². The molecule has 1 fully saturated rings. The number of hydrogen-bond donors (Lipinski definition) is 2. The lowest BCUT2D eigenvalue weighted by molar-refractivity contribution is 0.133. The van der Waals surface area contributed by atoms with Gasteiger partial charge in [-0.25, -0.2) is 0 Å². The Morgan fingerprint density at radius 1 is 1.38 bits per heavy atom. The molecule has 0 heterocycles. The molecule has 0 aromatic carbocycles. The first-order valence-electron chi connectivity index (χ1n) is 3.15. The van der Waals surface area contributed by atoms with E-state index in [4.69, 9.17) is 5.11 Å². The molecule has 48 valence electrons. The molecule has 1 aliphatic rings. The minimum absolute atomic E-state index is 0.0637. The van der Waals surface area contributed by atoms with Crippen LogP contribution in [0.2, 0.25) is 0 Å². The molecule has 0 amide bonds. The maximum Gasteiger partial charge on any atom is 0.0550 e. The molecule has 0 aromatic heterocycles. The van der Waals surface area contributed by atoms with Crippen molar-refractivity contribution in [2.75, 3.05) is 0 Å². The van der Waals surface area contributed by atoms with Crippen molar-refractivity contribution < 1.29 is 5.11 Å². The van der Waals surface area contributed by atoms with E-state index in [9.17, 15) is 0 Å². The predicted molar refractivity (Wildman–Crippen MR) is 37.2 cm³/mol. The van der Waals surface area contributed by atoms with Crippen LogP contribution in [0.25, 0.3) is 0 Å². The molecular weight excluding hydrogens is 120 g/mol. The Balaban J connectivity index is 2.23. The average Bonchev–Trinajstić information content (AvgIpc) is 1.64. The lowest BCUT2D eigenvalue weighted by Gasteiger charge is -2.21. The van der Waals surface area contributed by atoms with E-state index in [0.29, 0.717) is 5.25 Å². The van der Waals surface area contributed by atoms with Crippen molar-refractivity contribution in [2.24, 2.45) is 0 Å². The van der Waals surface area contributed by atoms with Crippen LogP contribution in [0.15, 0.2) is 0 Å². The zero-order valence-corrected chi connectivity index (χ0v) is 5.77. The van der Waals surface area contributed by atoms with E-state index in [1.807, 2.05) is 0 Å². The fourth-order valence-electron chi connectivity index (χ4n) is 1.14. The lowest BCUT2D eigenvalue weighted by atomic mass is 9.97. The molecule has 0 aliphatic heterocycles. The quantitative estimate of drug-likeness (QED) is 0.475. The van der Waals surface area contributed by atoms with E-state index >= 15 is 0 Å². The fourth-order valence-corrected chi connectivity index (χ4v) is 1.56. The van der Waals surface area contributed by atoms with Crippen LogP contribution in [0.3, 0.4) is 0 Å². The molecular formula is C6H12OS. The molecule has 0 saturated heterocycles. The standard InChI is InChI=1S/C6H12OS/c7-5-2-1-3-6(8)4-5/h5-8H,1-4H2/t5-,6+/m1/s1. The van der Waals surface area contributed by atoms with Crippen LogP contribution in [-0.4, -0.2) is 16.5 Å². The first-order chi connectivity index (χ1) is 3.79. The van der Waals surface area contributed by atoms with Gasteiger partial charge in [0, 0.05) is 5.25 Å². The van der Waals surface area contributed by atoms with Gasteiger partial charge in [-0.3, -0.25) is 0 Å². The van der Waals surface area contributed by atoms with Gasteiger partial charge in [0.1, 0.15) is 0 Å². The molecule has 0 bridgehead atoms. The van der Waals surface area contributed by atoms with Crippen molar-refractivity contribution in [3.8, 4) is 0 Å². The summed E-state index contributed by atoms with van der Waals surface area (Å²) in [5, 5.41) is 9.49. The first kappa shape index (κ1) is 6.43. The highest BCUT2D eigenvalue weighted by molar-refractivity contribution is 7.80. The van der Waals surface area contributed by atoms with Gasteiger partial charge >= 0.3 is 0 Å². The normalized spacial score (nSPS) is 39.8. The van der Waals surface area contributed by atoms with Crippen molar-refractivity contribution in [1.82, 2.24) is 0 Å². The molecule has 0 radical (unpaired) electrons. The Kier molecular flexibility index (Phi) is 2.20. The van der Waals surface area contributed by atoms with E-state index < -0.39 is 0 Å². The second-order valence-corrected chi connectivity index (χ2v) is 3.20. The van der Waals surface area contributed by atoms with Gasteiger partial charge in [0.15, 0.2) is 0 Å². The van der Waals surface area contributed by atoms with Crippen molar-refractivity contribution in [3.63, 3.8) is 0 Å². The van der Waals surface area contributed by atoms with E-state index in [2.05, 4.69) is 12.6 Å². The van der Waals surface area contributed by atoms with E-state index in [1.54, 1.807) is 0 Å². The summed E-state index contributed by atoms with van der Waals surface area (Å²) in [6.07, 6.45) is 4.14. The molecule has 2 heteroatoms.